The maximum atomic E-state index is 12.3. The summed E-state index contributed by atoms with van der Waals surface area (Å²) >= 11 is 5.49. The van der Waals surface area contributed by atoms with Crippen molar-refractivity contribution < 1.29 is 9.90 Å². The van der Waals surface area contributed by atoms with Gasteiger partial charge in [-0.2, -0.15) is 0 Å². The molecule has 24 heavy (non-hydrogen) atoms. The van der Waals surface area contributed by atoms with Crippen LogP contribution in [0, 0.1) is 10.8 Å². The third-order valence-electron chi connectivity index (χ3n) is 5.23. The molecule has 2 saturated heterocycles. The largest absolute Gasteiger partial charge is 0.392 e. The second-order valence-electron chi connectivity index (χ2n) is 7.86. The van der Waals surface area contributed by atoms with Crippen LogP contribution >= 0.6 is 12.2 Å². The quantitative estimate of drug-likeness (QED) is 0.751. The summed E-state index contributed by atoms with van der Waals surface area (Å²) in [6.07, 6.45) is -0.370. The molecule has 0 radical (unpaired) electrons. The molecule has 2 aliphatic rings. The van der Waals surface area contributed by atoms with E-state index in [1.54, 1.807) is 12.1 Å². The zero-order valence-corrected chi connectivity index (χ0v) is 15.3. The SMILES string of the molecule is CN1C[C@]2(C)CN(C(=S)NC(=O)c3ccccc3)C[C@@](C)(C1)C2O. The van der Waals surface area contributed by atoms with Crippen LogP contribution in [0.2, 0.25) is 0 Å². The lowest BCUT2D eigenvalue weighted by Gasteiger charge is -2.59. The van der Waals surface area contributed by atoms with Crippen molar-refractivity contribution in [3.8, 4) is 0 Å². The Hall–Kier alpha value is -1.50. The fourth-order valence-electron chi connectivity index (χ4n) is 4.49. The van der Waals surface area contributed by atoms with Gasteiger partial charge in [0.15, 0.2) is 5.11 Å². The van der Waals surface area contributed by atoms with E-state index >= 15 is 0 Å². The average Bonchev–Trinajstić information content (AvgIpc) is 2.51. The maximum absolute atomic E-state index is 12.3. The highest BCUT2D eigenvalue weighted by Gasteiger charge is 2.55. The summed E-state index contributed by atoms with van der Waals surface area (Å²) < 4.78 is 0. The number of nitrogens with one attached hydrogen (secondary N) is 1. The molecule has 2 bridgehead atoms. The molecule has 0 aliphatic carbocycles. The number of fused-ring (bicyclic) bond motifs is 2. The number of aliphatic hydroxyl groups is 1. The average molecular weight is 347 g/mol. The molecule has 2 atom stereocenters. The molecule has 2 heterocycles. The van der Waals surface area contributed by atoms with Crippen LogP contribution in [-0.4, -0.2) is 65.3 Å². The number of piperidine rings is 2. The van der Waals surface area contributed by atoms with Gasteiger partial charge < -0.3 is 14.9 Å². The van der Waals surface area contributed by atoms with Crippen molar-refractivity contribution in [1.29, 1.82) is 0 Å². The molecule has 0 saturated carbocycles. The van der Waals surface area contributed by atoms with Crippen LogP contribution in [0.4, 0.5) is 0 Å². The van der Waals surface area contributed by atoms with Crippen LogP contribution in [0.25, 0.3) is 0 Å². The Morgan fingerprint density at radius 3 is 2.25 bits per heavy atom. The van der Waals surface area contributed by atoms with Gasteiger partial charge in [-0.3, -0.25) is 10.1 Å². The Balaban J connectivity index is 1.74. The molecule has 2 N–H and O–H groups in total. The van der Waals surface area contributed by atoms with Gasteiger partial charge in [-0.05, 0) is 31.4 Å². The molecule has 0 unspecified atom stereocenters. The number of benzene rings is 1. The first kappa shape index (κ1) is 17.3. The molecule has 5 nitrogen and oxygen atoms in total. The van der Waals surface area contributed by atoms with Crippen molar-refractivity contribution in [2.45, 2.75) is 20.0 Å². The van der Waals surface area contributed by atoms with E-state index in [0.717, 1.165) is 13.1 Å². The Kier molecular flexibility index (Phi) is 4.40. The van der Waals surface area contributed by atoms with Gasteiger partial charge >= 0.3 is 0 Å². The standard InChI is InChI=1S/C18H25N3O2S/c1-17-9-20(3)10-18(2,15(17)23)12-21(11-17)16(24)19-14(22)13-7-5-4-6-8-13/h4-8,15,23H,9-12H2,1-3H3,(H,19,22,24)/t17-,18-/m1/s1. The minimum Gasteiger partial charge on any atom is -0.392 e. The number of hydrogen-bond donors (Lipinski definition) is 2. The summed E-state index contributed by atoms with van der Waals surface area (Å²) in [7, 11) is 2.09. The molecular formula is C18H25N3O2S. The molecule has 1 aromatic rings. The topological polar surface area (TPSA) is 55.8 Å². The molecule has 3 rings (SSSR count). The van der Waals surface area contributed by atoms with Crippen molar-refractivity contribution in [3.63, 3.8) is 0 Å². The Labute approximate surface area is 148 Å². The number of nitrogens with zero attached hydrogens (tertiary/aromatic N) is 2. The van der Waals surface area contributed by atoms with Gasteiger partial charge in [0, 0.05) is 42.6 Å². The zero-order chi connectivity index (χ0) is 17.5. The summed E-state index contributed by atoms with van der Waals surface area (Å²) in [5.74, 6) is -0.190. The highest BCUT2D eigenvalue weighted by molar-refractivity contribution is 7.80. The van der Waals surface area contributed by atoms with Gasteiger partial charge in [-0.1, -0.05) is 32.0 Å². The van der Waals surface area contributed by atoms with Crippen molar-refractivity contribution in [1.82, 2.24) is 15.1 Å². The van der Waals surface area contributed by atoms with Crippen LogP contribution < -0.4 is 5.32 Å². The molecule has 2 fully saturated rings. The van der Waals surface area contributed by atoms with Gasteiger partial charge in [0.1, 0.15) is 0 Å². The molecule has 1 aromatic carbocycles. The third kappa shape index (κ3) is 3.06. The number of carbonyl (C=O) groups excluding carboxylic acids is 1. The molecular weight excluding hydrogens is 322 g/mol. The van der Waals surface area contributed by atoms with Crippen LogP contribution in [-0.2, 0) is 0 Å². The van der Waals surface area contributed by atoms with Gasteiger partial charge in [0.05, 0.1) is 6.10 Å². The second-order valence-corrected chi connectivity index (χ2v) is 8.25. The van der Waals surface area contributed by atoms with E-state index in [1.165, 1.54) is 0 Å². The zero-order valence-electron chi connectivity index (χ0n) is 14.5. The highest BCUT2D eigenvalue weighted by atomic mass is 32.1. The number of thiocarbonyl (C=S) groups is 1. The number of aliphatic hydroxyl groups excluding tert-OH is 1. The number of amides is 1. The Morgan fingerprint density at radius 2 is 1.71 bits per heavy atom. The second kappa shape index (κ2) is 6.10. The number of rotatable bonds is 1. The first-order valence-corrected chi connectivity index (χ1v) is 8.66. The smallest absolute Gasteiger partial charge is 0.257 e. The predicted molar refractivity (Wildman–Crippen MR) is 97.8 cm³/mol. The lowest BCUT2D eigenvalue weighted by molar-refractivity contribution is -0.157. The van der Waals surface area contributed by atoms with Crippen LogP contribution in [0.5, 0.6) is 0 Å². The van der Waals surface area contributed by atoms with Crippen LogP contribution in [0.15, 0.2) is 30.3 Å². The Morgan fingerprint density at radius 1 is 1.17 bits per heavy atom. The summed E-state index contributed by atoms with van der Waals surface area (Å²) in [4.78, 5) is 16.6. The van der Waals surface area contributed by atoms with E-state index < -0.39 is 0 Å². The molecule has 0 aromatic heterocycles. The predicted octanol–water partition coefficient (Wildman–Crippen LogP) is 1.34. The van der Waals surface area contributed by atoms with Crippen molar-refractivity contribution >= 4 is 23.2 Å². The molecule has 6 heteroatoms. The minimum absolute atomic E-state index is 0.190. The summed E-state index contributed by atoms with van der Waals surface area (Å²) in [5.41, 5.74) is 0.0672. The van der Waals surface area contributed by atoms with Gasteiger partial charge in [0.2, 0.25) is 0 Å². The van der Waals surface area contributed by atoms with Crippen LogP contribution in [0.1, 0.15) is 24.2 Å². The first-order chi connectivity index (χ1) is 11.2. The molecule has 1 amide bonds. The third-order valence-corrected chi connectivity index (χ3v) is 5.59. The number of carbonyl (C=O) groups is 1. The number of hydrogen-bond acceptors (Lipinski definition) is 4. The van der Waals surface area contributed by atoms with E-state index in [-0.39, 0.29) is 22.8 Å². The van der Waals surface area contributed by atoms with Gasteiger partial charge in [0.25, 0.3) is 5.91 Å². The van der Waals surface area contributed by atoms with E-state index in [4.69, 9.17) is 12.2 Å². The molecule has 2 aliphatic heterocycles. The fraction of sp³-hybridized carbons (Fsp3) is 0.556. The molecule has 0 spiro atoms. The van der Waals surface area contributed by atoms with E-state index in [2.05, 4.69) is 31.1 Å². The van der Waals surface area contributed by atoms with E-state index in [1.807, 2.05) is 23.1 Å². The van der Waals surface area contributed by atoms with Crippen LogP contribution in [0.3, 0.4) is 0 Å². The normalized spacial score (nSPS) is 33.2. The lowest BCUT2D eigenvalue weighted by Crippen LogP contribution is -2.71. The van der Waals surface area contributed by atoms with E-state index in [9.17, 15) is 9.90 Å². The van der Waals surface area contributed by atoms with Crippen molar-refractivity contribution in [3.05, 3.63) is 35.9 Å². The minimum atomic E-state index is -0.370. The van der Waals surface area contributed by atoms with Gasteiger partial charge in [-0.25, -0.2) is 0 Å². The maximum Gasteiger partial charge on any atom is 0.257 e. The summed E-state index contributed by atoms with van der Waals surface area (Å²) in [6, 6.07) is 9.07. The summed E-state index contributed by atoms with van der Waals surface area (Å²) in [5, 5.41) is 14.1. The Bertz CT molecular complexity index is 631. The highest BCUT2D eigenvalue weighted by Crippen LogP contribution is 2.45. The van der Waals surface area contributed by atoms with E-state index in [0.29, 0.717) is 23.8 Å². The lowest BCUT2D eigenvalue weighted by atomic mass is 9.63. The number of likely N-dealkylation sites (tertiary alicyclic amines) is 2. The van der Waals surface area contributed by atoms with Crippen molar-refractivity contribution in [2.24, 2.45) is 10.8 Å². The first-order valence-electron chi connectivity index (χ1n) is 8.25. The summed E-state index contributed by atoms with van der Waals surface area (Å²) in [6.45, 7) is 7.10. The monoisotopic (exact) mass is 347 g/mol. The molecule has 130 valence electrons. The fourth-order valence-corrected chi connectivity index (χ4v) is 4.71. The van der Waals surface area contributed by atoms with Crippen molar-refractivity contribution in [2.75, 3.05) is 33.2 Å². The van der Waals surface area contributed by atoms with Gasteiger partial charge in [-0.15, -0.1) is 0 Å².